The molecule has 0 saturated carbocycles. The minimum atomic E-state index is -0.0127. The summed E-state index contributed by atoms with van der Waals surface area (Å²) in [6, 6.07) is 15.3. The Kier molecular flexibility index (Phi) is 5.53. The molecule has 2 aromatic rings. The van der Waals surface area contributed by atoms with Gasteiger partial charge in [-0.15, -0.1) is 0 Å². The van der Waals surface area contributed by atoms with Crippen LogP contribution in [-0.4, -0.2) is 42.5 Å². The van der Waals surface area contributed by atoms with Gasteiger partial charge in [0, 0.05) is 38.0 Å². The highest BCUT2D eigenvalue weighted by Gasteiger charge is 2.29. The van der Waals surface area contributed by atoms with Crippen molar-refractivity contribution in [3.8, 4) is 5.75 Å². The van der Waals surface area contributed by atoms with Gasteiger partial charge in [-0.05, 0) is 30.2 Å². The number of halogens is 1. The van der Waals surface area contributed by atoms with E-state index in [2.05, 4.69) is 0 Å². The molecule has 2 aliphatic rings. The highest BCUT2D eigenvalue weighted by Crippen LogP contribution is 2.29. The second kappa shape index (κ2) is 8.23. The molecule has 2 amide bonds. The quantitative estimate of drug-likeness (QED) is 0.789. The van der Waals surface area contributed by atoms with Crippen molar-refractivity contribution in [2.24, 2.45) is 0 Å². The van der Waals surface area contributed by atoms with E-state index in [1.807, 2.05) is 53.4 Å². The molecule has 4 rings (SSSR count). The van der Waals surface area contributed by atoms with E-state index < -0.39 is 0 Å². The average Bonchev–Trinajstić information content (AvgIpc) is 2.72. The number of benzene rings is 2. The number of para-hydroxylation sites is 2. The lowest BCUT2D eigenvalue weighted by atomic mass is 10.0. The average molecular weight is 399 g/mol. The number of nitrogens with zero attached hydrogens (tertiary/aromatic N) is 2. The standard InChI is InChI=1S/C22H23ClN2O3/c23-18-6-2-4-8-20(18)28-17-11-13-24(14-12-17)22(27)15-25-19-7-3-1-5-16(19)9-10-21(25)26/h1-8,17H,9-15H2. The minimum Gasteiger partial charge on any atom is -0.489 e. The summed E-state index contributed by atoms with van der Waals surface area (Å²) in [4.78, 5) is 28.7. The van der Waals surface area contributed by atoms with Crippen molar-refractivity contribution in [1.82, 2.24) is 4.90 Å². The summed E-state index contributed by atoms with van der Waals surface area (Å²) in [6.45, 7) is 1.35. The van der Waals surface area contributed by atoms with Crippen LogP contribution in [0.4, 0.5) is 5.69 Å². The van der Waals surface area contributed by atoms with Gasteiger partial charge < -0.3 is 14.5 Å². The number of likely N-dealkylation sites (tertiary alicyclic amines) is 1. The molecule has 2 heterocycles. The van der Waals surface area contributed by atoms with Gasteiger partial charge in [-0.2, -0.15) is 0 Å². The van der Waals surface area contributed by atoms with E-state index >= 15 is 0 Å². The Bertz CT molecular complexity index is 878. The fourth-order valence-electron chi connectivity index (χ4n) is 3.85. The molecule has 1 saturated heterocycles. The Morgan fingerprint density at radius 3 is 2.54 bits per heavy atom. The molecule has 0 bridgehead atoms. The number of hydrogen-bond donors (Lipinski definition) is 0. The number of carbonyl (C=O) groups is 2. The summed E-state index contributed by atoms with van der Waals surface area (Å²) in [5.74, 6) is 0.690. The second-order valence-electron chi connectivity index (χ2n) is 7.24. The number of rotatable bonds is 4. The van der Waals surface area contributed by atoms with Gasteiger partial charge in [0.25, 0.3) is 0 Å². The summed E-state index contributed by atoms with van der Waals surface area (Å²) in [7, 11) is 0. The zero-order valence-corrected chi connectivity index (χ0v) is 16.4. The lowest BCUT2D eigenvalue weighted by Crippen LogP contribution is -2.48. The van der Waals surface area contributed by atoms with E-state index in [-0.39, 0.29) is 24.5 Å². The molecule has 0 radical (unpaired) electrons. The maximum atomic E-state index is 12.8. The molecular formula is C22H23ClN2O3. The first-order chi connectivity index (χ1) is 13.6. The van der Waals surface area contributed by atoms with Crippen molar-refractivity contribution in [3.63, 3.8) is 0 Å². The Morgan fingerprint density at radius 2 is 1.75 bits per heavy atom. The fraction of sp³-hybridized carbons (Fsp3) is 0.364. The molecule has 0 unspecified atom stereocenters. The van der Waals surface area contributed by atoms with Crippen LogP contribution in [0.3, 0.4) is 0 Å². The first kappa shape index (κ1) is 18.8. The molecule has 1 fully saturated rings. The maximum absolute atomic E-state index is 12.8. The molecule has 0 aromatic heterocycles. The van der Waals surface area contributed by atoms with E-state index in [0.717, 1.165) is 30.5 Å². The van der Waals surface area contributed by atoms with Crippen molar-refractivity contribution in [3.05, 3.63) is 59.1 Å². The van der Waals surface area contributed by atoms with Crippen molar-refractivity contribution in [1.29, 1.82) is 0 Å². The largest absolute Gasteiger partial charge is 0.489 e. The van der Waals surface area contributed by atoms with Gasteiger partial charge >= 0.3 is 0 Å². The van der Waals surface area contributed by atoms with Crippen LogP contribution in [0.5, 0.6) is 5.75 Å². The Morgan fingerprint density at radius 1 is 1.04 bits per heavy atom. The van der Waals surface area contributed by atoms with Crippen LogP contribution < -0.4 is 9.64 Å². The lowest BCUT2D eigenvalue weighted by Gasteiger charge is -2.35. The molecular weight excluding hydrogens is 376 g/mol. The number of aryl methyl sites for hydroxylation is 1. The molecule has 2 aromatic carbocycles. The Hall–Kier alpha value is -2.53. The lowest BCUT2D eigenvalue weighted by molar-refractivity contribution is -0.133. The van der Waals surface area contributed by atoms with Crippen LogP contribution in [-0.2, 0) is 16.0 Å². The number of hydrogen-bond acceptors (Lipinski definition) is 3. The van der Waals surface area contributed by atoms with Gasteiger partial charge in [0.1, 0.15) is 18.4 Å². The van der Waals surface area contributed by atoms with Crippen molar-refractivity contribution in [2.45, 2.75) is 31.8 Å². The summed E-state index contributed by atoms with van der Waals surface area (Å²) >= 11 is 6.16. The number of amides is 2. The fourth-order valence-corrected chi connectivity index (χ4v) is 4.03. The van der Waals surface area contributed by atoms with E-state index in [1.165, 1.54) is 0 Å². The Balaban J connectivity index is 1.35. The summed E-state index contributed by atoms with van der Waals surface area (Å²) in [6.07, 6.45) is 2.74. The molecule has 146 valence electrons. The third-order valence-electron chi connectivity index (χ3n) is 5.41. The topological polar surface area (TPSA) is 49.9 Å². The zero-order chi connectivity index (χ0) is 19.5. The van der Waals surface area contributed by atoms with E-state index in [4.69, 9.17) is 16.3 Å². The number of fused-ring (bicyclic) bond motifs is 1. The van der Waals surface area contributed by atoms with Crippen LogP contribution in [0.1, 0.15) is 24.8 Å². The number of anilines is 1. The summed E-state index contributed by atoms with van der Waals surface area (Å²) in [5.41, 5.74) is 1.99. The van der Waals surface area contributed by atoms with E-state index in [1.54, 1.807) is 4.90 Å². The van der Waals surface area contributed by atoms with Crippen LogP contribution in [0.2, 0.25) is 5.02 Å². The van der Waals surface area contributed by atoms with Gasteiger partial charge in [-0.1, -0.05) is 41.9 Å². The molecule has 0 aliphatic carbocycles. The molecule has 5 nitrogen and oxygen atoms in total. The van der Waals surface area contributed by atoms with Gasteiger partial charge in [0.15, 0.2) is 0 Å². The van der Waals surface area contributed by atoms with Gasteiger partial charge in [-0.25, -0.2) is 0 Å². The molecule has 28 heavy (non-hydrogen) atoms. The summed E-state index contributed by atoms with van der Waals surface area (Å²) < 4.78 is 5.99. The molecule has 0 spiro atoms. The van der Waals surface area contributed by atoms with Crippen LogP contribution in [0.25, 0.3) is 0 Å². The smallest absolute Gasteiger partial charge is 0.242 e. The van der Waals surface area contributed by atoms with Crippen molar-refractivity contribution in [2.75, 3.05) is 24.5 Å². The molecule has 0 N–H and O–H groups in total. The SMILES string of the molecule is O=C(CN1C(=O)CCc2ccccc21)N1CCC(Oc2ccccc2Cl)CC1. The van der Waals surface area contributed by atoms with E-state index in [9.17, 15) is 9.59 Å². The van der Waals surface area contributed by atoms with Crippen molar-refractivity contribution >= 4 is 29.1 Å². The van der Waals surface area contributed by atoms with Crippen LogP contribution in [0, 0.1) is 0 Å². The monoisotopic (exact) mass is 398 g/mol. The molecule has 2 aliphatic heterocycles. The first-order valence-electron chi connectivity index (χ1n) is 9.69. The summed E-state index contributed by atoms with van der Waals surface area (Å²) in [5, 5.41) is 0.600. The predicted molar refractivity (Wildman–Crippen MR) is 109 cm³/mol. The highest BCUT2D eigenvalue weighted by atomic mass is 35.5. The van der Waals surface area contributed by atoms with Crippen LogP contribution in [0.15, 0.2) is 48.5 Å². The third-order valence-corrected chi connectivity index (χ3v) is 5.72. The van der Waals surface area contributed by atoms with Gasteiger partial charge in [-0.3, -0.25) is 9.59 Å². The minimum absolute atomic E-state index is 0.0127. The predicted octanol–water partition coefficient (Wildman–Crippen LogP) is 3.69. The zero-order valence-electron chi connectivity index (χ0n) is 15.6. The number of carbonyl (C=O) groups excluding carboxylic acids is 2. The second-order valence-corrected chi connectivity index (χ2v) is 7.64. The number of ether oxygens (including phenoxy) is 1. The van der Waals surface area contributed by atoms with Gasteiger partial charge in [0.2, 0.25) is 11.8 Å². The van der Waals surface area contributed by atoms with Crippen LogP contribution >= 0.6 is 11.6 Å². The number of piperidine rings is 1. The van der Waals surface area contributed by atoms with E-state index in [0.29, 0.717) is 30.3 Å². The Labute approximate surface area is 169 Å². The molecule has 6 heteroatoms. The third kappa shape index (κ3) is 3.99. The normalized spacial score (nSPS) is 17.4. The van der Waals surface area contributed by atoms with Crippen molar-refractivity contribution < 1.29 is 14.3 Å². The first-order valence-corrected chi connectivity index (χ1v) is 10.1. The molecule has 0 atom stereocenters. The maximum Gasteiger partial charge on any atom is 0.242 e. The van der Waals surface area contributed by atoms with Gasteiger partial charge in [0.05, 0.1) is 5.02 Å². The highest BCUT2D eigenvalue weighted by molar-refractivity contribution is 6.32.